The minimum atomic E-state index is -0.999. The van der Waals surface area contributed by atoms with Crippen molar-refractivity contribution in [2.45, 2.75) is 38.0 Å². The molecule has 4 rings (SSSR count). The van der Waals surface area contributed by atoms with Gasteiger partial charge in [-0.1, -0.05) is 30.3 Å². The van der Waals surface area contributed by atoms with Gasteiger partial charge in [0.15, 0.2) is 5.54 Å². The predicted octanol–water partition coefficient (Wildman–Crippen LogP) is 3.12. The minimum absolute atomic E-state index is 0.0324. The molecule has 2 aromatic rings. The number of amides is 1. The smallest absolute Gasteiger partial charge is 0.255 e. The number of ether oxygens (including phenoxy) is 2. The van der Waals surface area contributed by atoms with Crippen LogP contribution in [0.15, 0.2) is 66.2 Å². The first-order valence-electron chi connectivity index (χ1n) is 10.6. The molecule has 1 spiro atoms. The van der Waals surface area contributed by atoms with Crippen LogP contribution in [0, 0.1) is 0 Å². The van der Waals surface area contributed by atoms with Gasteiger partial charge in [0, 0.05) is 38.1 Å². The number of benzene rings is 2. The van der Waals surface area contributed by atoms with E-state index in [2.05, 4.69) is 18.7 Å². The van der Waals surface area contributed by atoms with E-state index in [1.165, 1.54) is 0 Å². The van der Waals surface area contributed by atoms with Crippen LogP contribution in [0.2, 0.25) is 0 Å². The van der Waals surface area contributed by atoms with Crippen molar-refractivity contribution < 1.29 is 19.4 Å². The lowest BCUT2D eigenvalue weighted by Crippen LogP contribution is -2.52. The van der Waals surface area contributed by atoms with Gasteiger partial charge >= 0.3 is 0 Å². The summed E-state index contributed by atoms with van der Waals surface area (Å²) in [5.41, 5.74) is 2.06. The lowest BCUT2D eigenvalue weighted by Gasteiger charge is -2.31. The number of carbonyl (C=O) groups is 1. The molecular weight excluding hydrogens is 392 g/mol. The molecule has 162 valence electrons. The second kappa shape index (κ2) is 8.94. The Morgan fingerprint density at radius 2 is 2.00 bits per heavy atom. The Morgan fingerprint density at radius 3 is 2.71 bits per heavy atom. The Balaban J connectivity index is 1.66. The normalized spacial score (nSPS) is 22.5. The minimum Gasteiger partial charge on any atom is -0.494 e. The quantitative estimate of drug-likeness (QED) is 0.552. The third-order valence-corrected chi connectivity index (χ3v) is 5.88. The number of aliphatic imine (C=N–C) groups is 1. The van der Waals surface area contributed by atoms with Crippen LogP contribution in [-0.4, -0.2) is 53.2 Å². The third-order valence-electron chi connectivity index (χ3n) is 5.88. The predicted molar refractivity (Wildman–Crippen MR) is 119 cm³/mol. The highest BCUT2D eigenvalue weighted by Gasteiger charge is 2.53. The van der Waals surface area contributed by atoms with Gasteiger partial charge < -0.3 is 19.5 Å². The number of carbonyl (C=O) groups excluding carboxylic acids is 1. The third kappa shape index (κ3) is 4.08. The average Bonchev–Trinajstić information content (AvgIpc) is 3.05. The van der Waals surface area contributed by atoms with Crippen molar-refractivity contribution in [3.05, 3.63) is 77.9 Å². The zero-order chi connectivity index (χ0) is 21.8. The summed E-state index contributed by atoms with van der Waals surface area (Å²) >= 11 is 0. The fourth-order valence-corrected chi connectivity index (χ4v) is 4.15. The van der Waals surface area contributed by atoms with E-state index >= 15 is 0 Å². The summed E-state index contributed by atoms with van der Waals surface area (Å²) in [6.07, 6.45) is 2.44. The summed E-state index contributed by atoms with van der Waals surface area (Å²) in [5.74, 6) is 1.16. The summed E-state index contributed by atoms with van der Waals surface area (Å²) in [7, 11) is 0. The van der Waals surface area contributed by atoms with E-state index in [0.29, 0.717) is 38.4 Å². The molecule has 0 fully saturated rings. The zero-order valence-electron chi connectivity index (χ0n) is 17.8. The van der Waals surface area contributed by atoms with Gasteiger partial charge in [-0.2, -0.15) is 0 Å². The summed E-state index contributed by atoms with van der Waals surface area (Å²) < 4.78 is 11.7. The molecule has 0 unspecified atom stereocenters. The lowest BCUT2D eigenvalue weighted by molar-refractivity contribution is -0.138. The number of aliphatic hydroxyl groups is 1. The van der Waals surface area contributed by atoms with E-state index in [-0.39, 0.29) is 12.5 Å². The largest absolute Gasteiger partial charge is 0.494 e. The number of nitrogens with zero attached hydrogens (tertiary/aromatic N) is 2. The van der Waals surface area contributed by atoms with Crippen molar-refractivity contribution in [2.24, 2.45) is 4.99 Å². The Hall–Kier alpha value is -3.12. The van der Waals surface area contributed by atoms with Crippen LogP contribution in [-0.2, 0) is 22.5 Å². The monoisotopic (exact) mass is 420 g/mol. The van der Waals surface area contributed by atoms with E-state index in [4.69, 9.17) is 19.6 Å². The van der Waals surface area contributed by atoms with Crippen LogP contribution in [0.5, 0.6) is 5.75 Å². The molecule has 1 N–H and O–H groups in total. The molecule has 0 saturated carbocycles. The first-order valence-corrected chi connectivity index (χ1v) is 10.6. The molecule has 6 nitrogen and oxygen atoms in total. The van der Waals surface area contributed by atoms with Crippen molar-refractivity contribution in [3.63, 3.8) is 0 Å². The maximum Gasteiger partial charge on any atom is 0.255 e. The Morgan fingerprint density at radius 1 is 1.26 bits per heavy atom. The molecule has 0 radical (unpaired) electrons. The number of rotatable bonds is 7. The molecule has 0 aromatic heterocycles. The Kier molecular flexibility index (Phi) is 6.09. The molecule has 0 bridgehead atoms. The van der Waals surface area contributed by atoms with E-state index < -0.39 is 11.6 Å². The molecule has 6 heteroatoms. The van der Waals surface area contributed by atoms with E-state index in [0.717, 1.165) is 22.4 Å². The Bertz CT molecular complexity index is 985. The SMILES string of the molecule is C=CCN1Cc2ccccc2C[C@]2(N=C(c3ccc(OCCCO)cc3)O[C@@H]2C)C1=O. The number of hydrogen-bond donors (Lipinski definition) is 1. The molecule has 2 atom stereocenters. The maximum atomic E-state index is 13.7. The fraction of sp³-hybridized carbons (Fsp3) is 0.360. The molecule has 31 heavy (non-hydrogen) atoms. The first-order chi connectivity index (χ1) is 15.1. The van der Waals surface area contributed by atoms with Crippen LogP contribution in [0.1, 0.15) is 30.0 Å². The summed E-state index contributed by atoms with van der Waals surface area (Å²) in [5, 5.41) is 8.88. The van der Waals surface area contributed by atoms with Gasteiger partial charge in [0.25, 0.3) is 5.91 Å². The van der Waals surface area contributed by atoms with Crippen molar-refractivity contribution in [1.29, 1.82) is 0 Å². The van der Waals surface area contributed by atoms with Gasteiger partial charge in [-0.25, -0.2) is 4.99 Å². The molecule has 0 aliphatic carbocycles. The second-order valence-corrected chi connectivity index (χ2v) is 7.97. The van der Waals surface area contributed by atoms with Crippen molar-refractivity contribution in [3.8, 4) is 5.75 Å². The lowest BCUT2D eigenvalue weighted by atomic mass is 9.85. The van der Waals surface area contributed by atoms with Gasteiger partial charge in [0.1, 0.15) is 11.9 Å². The van der Waals surface area contributed by atoms with Crippen LogP contribution >= 0.6 is 0 Å². The summed E-state index contributed by atoms with van der Waals surface area (Å²) in [4.78, 5) is 20.4. The summed E-state index contributed by atoms with van der Waals surface area (Å²) in [6.45, 7) is 7.30. The topological polar surface area (TPSA) is 71.4 Å². The van der Waals surface area contributed by atoms with Crippen molar-refractivity contribution in [2.75, 3.05) is 19.8 Å². The van der Waals surface area contributed by atoms with Crippen LogP contribution in [0.4, 0.5) is 0 Å². The molecule has 2 aliphatic heterocycles. The van der Waals surface area contributed by atoms with Crippen molar-refractivity contribution in [1.82, 2.24) is 4.90 Å². The van der Waals surface area contributed by atoms with E-state index in [1.807, 2.05) is 48.2 Å². The molecule has 2 heterocycles. The van der Waals surface area contributed by atoms with Crippen LogP contribution < -0.4 is 4.74 Å². The number of fused-ring (bicyclic) bond motifs is 1. The molecular formula is C25H28N2O4. The molecule has 2 aliphatic rings. The highest BCUT2D eigenvalue weighted by molar-refractivity contribution is 6.01. The maximum absolute atomic E-state index is 13.7. The van der Waals surface area contributed by atoms with Gasteiger partial charge in [-0.15, -0.1) is 6.58 Å². The highest BCUT2D eigenvalue weighted by Crippen LogP contribution is 2.37. The highest BCUT2D eigenvalue weighted by atomic mass is 16.5. The zero-order valence-corrected chi connectivity index (χ0v) is 17.8. The first kappa shape index (κ1) is 21.1. The van der Waals surface area contributed by atoms with Crippen LogP contribution in [0.3, 0.4) is 0 Å². The van der Waals surface area contributed by atoms with E-state index in [1.54, 1.807) is 6.08 Å². The molecule has 1 amide bonds. The van der Waals surface area contributed by atoms with Gasteiger partial charge in [0.2, 0.25) is 5.90 Å². The van der Waals surface area contributed by atoms with Gasteiger partial charge in [-0.3, -0.25) is 4.79 Å². The van der Waals surface area contributed by atoms with Gasteiger partial charge in [-0.05, 0) is 42.3 Å². The van der Waals surface area contributed by atoms with Crippen molar-refractivity contribution >= 4 is 11.8 Å². The fourth-order valence-electron chi connectivity index (χ4n) is 4.15. The standard InChI is InChI=1S/C25H28N2O4/c1-3-13-27-17-21-8-5-4-7-20(21)16-25(24(27)29)18(2)31-23(26-25)19-9-11-22(12-10-19)30-15-6-14-28/h3-5,7-12,18,28H,1,6,13-17H2,2H3/t18-,25-/m1/s1. The average molecular weight is 421 g/mol. The Labute approximate surface area is 182 Å². The number of hydrogen-bond acceptors (Lipinski definition) is 5. The van der Waals surface area contributed by atoms with E-state index in [9.17, 15) is 4.79 Å². The summed E-state index contributed by atoms with van der Waals surface area (Å²) in [6, 6.07) is 15.6. The number of aliphatic hydroxyl groups excluding tert-OH is 1. The second-order valence-electron chi connectivity index (χ2n) is 7.97. The van der Waals surface area contributed by atoms with Gasteiger partial charge in [0.05, 0.1) is 6.61 Å². The molecule has 0 saturated heterocycles. The molecule has 2 aromatic carbocycles. The van der Waals surface area contributed by atoms with Crippen LogP contribution in [0.25, 0.3) is 0 Å².